The molecule has 4 nitrogen and oxygen atoms in total. The predicted molar refractivity (Wildman–Crippen MR) is 66.4 cm³/mol. The Balaban J connectivity index is 2.04. The second-order valence-electron chi connectivity index (χ2n) is 5.26. The van der Waals surface area contributed by atoms with Gasteiger partial charge in [-0.1, -0.05) is 6.92 Å². The fourth-order valence-corrected chi connectivity index (χ4v) is 2.94. The summed E-state index contributed by atoms with van der Waals surface area (Å²) in [6.45, 7) is 5.02. The summed E-state index contributed by atoms with van der Waals surface area (Å²) in [5, 5.41) is 3.33. The van der Waals surface area contributed by atoms with E-state index in [4.69, 9.17) is 4.98 Å². The molecule has 0 aromatic carbocycles. The Morgan fingerprint density at radius 3 is 3.12 bits per heavy atom. The minimum absolute atomic E-state index is 0.142. The van der Waals surface area contributed by atoms with Crippen molar-refractivity contribution in [3.8, 4) is 0 Å². The Bertz CT molecular complexity index is 474. The summed E-state index contributed by atoms with van der Waals surface area (Å²) in [7, 11) is 0. The van der Waals surface area contributed by atoms with Crippen LogP contribution in [-0.2, 0) is 6.54 Å². The molecule has 1 aromatic heterocycles. The first-order valence-corrected chi connectivity index (χ1v) is 6.58. The first-order valence-electron chi connectivity index (χ1n) is 6.58. The van der Waals surface area contributed by atoms with E-state index in [1.54, 1.807) is 6.07 Å². The highest BCUT2D eigenvalue weighted by Crippen LogP contribution is 2.26. The highest BCUT2D eigenvalue weighted by atomic mass is 16.1. The van der Waals surface area contributed by atoms with E-state index in [0.717, 1.165) is 50.4 Å². The second-order valence-corrected chi connectivity index (χ2v) is 5.26. The SMILES string of the molecule is CC1CCCn2c1nc(C1CCNC1)cc2=O. The van der Waals surface area contributed by atoms with Crippen LogP contribution in [0.5, 0.6) is 0 Å². The quantitative estimate of drug-likeness (QED) is 0.793. The maximum absolute atomic E-state index is 12.1. The summed E-state index contributed by atoms with van der Waals surface area (Å²) in [4.78, 5) is 16.8. The van der Waals surface area contributed by atoms with Crippen molar-refractivity contribution in [1.29, 1.82) is 0 Å². The number of rotatable bonds is 1. The van der Waals surface area contributed by atoms with Crippen LogP contribution in [0, 0.1) is 0 Å². The molecular formula is C13H19N3O. The average molecular weight is 233 g/mol. The second kappa shape index (κ2) is 4.26. The van der Waals surface area contributed by atoms with Gasteiger partial charge in [0, 0.05) is 31.0 Å². The highest BCUT2D eigenvalue weighted by Gasteiger charge is 2.24. The van der Waals surface area contributed by atoms with Crippen LogP contribution in [0.25, 0.3) is 0 Å². The molecule has 92 valence electrons. The van der Waals surface area contributed by atoms with E-state index >= 15 is 0 Å². The molecule has 0 amide bonds. The Labute approximate surface area is 101 Å². The van der Waals surface area contributed by atoms with Crippen LogP contribution >= 0.6 is 0 Å². The number of hydrogen-bond donors (Lipinski definition) is 1. The van der Waals surface area contributed by atoms with Gasteiger partial charge < -0.3 is 5.32 Å². The number of nitrogens with one attached hydrogen (secondary N) is 1. The molecule has 0 saturated carbocycles. The van der Waals surface area contributed by atoms with Crippen LogP contribution in [0.3, 0.4) is 0 Å². The van der Waals surface area contributed by atoms with Crippen LogP contribution in [0.15, 0.2) is 10.9 Å². The number of hydrogen-bond acceptors (Lipinski definition) is 3. The van der Waals surface area contributed by atoms with Crippen molar-refractivity contribution in [2.75, 3.05) is 13.1 Å². The third kappa shape index (κ3) is 1.90. The van der Waals surface area contributed by atoms with E-state index in [1.165, 1.54) is 0 Å². The van der Waals surface area contributed by atoms with Crippen molar-refractivity contribution in [2.45, 2.75) is 44.6 Å². The molecule has 2 aliphatic rings. The topological polar surface area (TPSA) is 46.9 Å². The maximum atomic E-state index is 12.1. The van der Waals surface area contributed by atoms with E-state index in [9.17, 15) is 4.79 Å². The van der Waals surface area contributed by atoms with E-state index in [-0.39, 0.29) is 5.56 Å². The monoisotopic (exact) mass is 233 g/mol. The first kappa shape index (κ1) is 11.0. The van der Waals surface area contributed by atoms with Crippen LogP contribution in [0.1, 0.15) is 49.5 Å². The predicted octanol–water partition coefficient (Wildman–Crippen LogP) is 1.22. The van der Waals surface area contributed by atoms with Crippen LogP contribution in [-0.4, -0.2) is 22.6 Å². The van der Waals surface area contributed by atoms with Crippen molar-refractivity contribution in [1.82, 2.24) is 14.9 Å². The number of fused-ring (bicyclic) bond motifs is 1. The van der Waals surface area contributed by atoms with E-state index in [2.05, 4.69) is 12.2 Å². The summed E-state index contributed by atoms with van der Waals surface area (Å²) in [6.07, 6.45) is 3.35. The van der Waals surface area contributed by atoms with Crippen molar-refractivity contribution in [2.24, 2.45) is 0 Å². The Morgan fingerprint density at radius 2 is 2.35 bits per heavy atom. The molecule has 3 heterocycles. The van der Waals surface area contributed by atoms with Gasteiger partial charge in [0.2, 0.25) is 0 Å². The molecule has 1 N–H and O–H groups in total. The molecule has 1 aromatic rings. The Hall–Kier alpha value is -1.16. The van der Waals surface area contributed by atoms with Gasteiger partial charge in [0.05, 0.1) is 5.69 Å². The summed E-state index contributed by atoms with van der Waals surface area (Å²) in [6, 6.07) is 1.75. The average Bonchev–Trinajstić information content (AvgIpc) is 2.84. The van der Waals surface area contributed by atoms with Gasteiger partial charge in [0.1, 0.15) is 5.82 Å². The summed E-state index contributed by atoms with van der Waals surface area (Å²) in [5.74, 6) is 1.86. The Kier molecular flexibility index (Phi) is 2.74. The zero-order valence-electron chi connectivity index (χ0n) is 10.3. The van der Waals surface area contributed by atoms with Crippen molar-refractivity contribution in [3.63, 3.8) is 0 Å². The van der Waals surface area contributed by atoms with Gasteiger partial charge in [-0.15, -0.1) is 0 Å². The van der Waals surface area contributed by atoms with Gasteiger partial charge in [-0.05, 0) is 25.8 Å². The third-order valence-corrected chi connectivity index (χ3v) is 4.00. The van der Waals surface area contributed by atoms with Crippen molar-refractivity contribution >= 4 is 0 Å². The molecule has 0 spiro atoms. The molecule has 2 unspecified atom stereocenters. The molecule has 2 atom stereocenters. The molecule has 0 aliphatic carbocycles. The lowest BCUT2D eigenvalue weighted by atomic mass is 9.99. The lowest BCUT2D eigenvalue weighted by Gasteiger charge is -2.24. The first-order chi connectivity index (χ1) is 8.25. The normalized spacial score (nSPS) is 28.1. The standard InChI is InChI=1S/C13H19N3O/c1-9-3-2-6-16-12(17)7-11(15-13(9)16)10-4-5-14-8-10/h7,9-10,14H,2-6,8H2,1H3. The van der Waals surface area contributed by atoms with Gasteiger partial charge in [-0.25, -0.2) is 4.98 Å². The largest absolute Gasteiger partial charge is 0.316 e. The molecule has 17 heavy (non-hydrogen) atoms. The zero-order chi connectivity index (χ0) is 11.8. The smallest absolute Gasteiger partial charge is 0.253 e. The molecule has 3 rings (SSSR count). The van der Waals surface area contributed by atoms with E-state index < -0.39 is 0 Å². The molecule has 1 fully saturated rings. The minimum atomic E-state index is 0.142. The minimum Gasteiger partial charge on any atom is -0.316 e. The lowest BCUT2D eigenvalue weighted by molar-refractivity contribution is 0.437. The summed E-state index contributed by atoms with van der Waals surface area (Å²) in [5.41, 5.74) is 1.14. The molecule has 1 saturated heterocycles. The molecule has 0 radical (unpaired) electrons. The van der Waals surface area contributed by atoms with Gasteiger partial charge in [0.15, 0.2) is 0 Å². The molecule has 0 bridgehead atoms. The molecular weight excluding hydrogens is 214 g/mol. The lowest BCUT2D eigenvalue weighted by Crippen LogP contribution is -2.30. The van der Waals surface area contributed by atoms with Gasteiger partial charge in [-0.2, -0.15) is 0 Å². The van der Waals surface area contributed by atoms with Crippen LogP contribution < -0.4 is 10.9 Å². The Morgan fingerprint density at radius 1 is 1.47 bits per heavy atom. The van der Waals surface area contributed by atoms with Crippen molar-refractivity contribution in [3.05, 3.63) is 27.9 Å². The van der Waals surface area contributed by atoms with Gasteiger partial charge in [-0.3, -0.25) is 9.36 Å². The number of aromatic nitrogens is 2. The molecule has 4 heteroatoms. The zero-order valence-corrected chi connectivity index (χ0v) is 10.3. The maximum Gasteiger partial charge on any atom is 0.253 e. The van der Waals surface area contributed by atoms with Crippen molar-refractivity contribution < 1.29 is 0 Å². The fraction of sp³-hybridized carbons (Fsp3) is 0.692. The number of nitrogens with zero attached hydrogens (tertiary/aromatic N) is 2. The van der Waals surface area contributed by atoms with Gasteiger partial charge >= 0.3 is 0 Å². The van der Waals surface area contributed by atoms with Gasteiger partial charge in [0.25, 0.3) is 5.56 Å². The fourth-order valence-electron chi connectivity index (χ4n) is 2.94. The third-order valence-electron chi connectivity index (χ3n) is 4.00. The van der Waals surface area contributed by atoms with E-state index in [1.807, 2.05) is 4.57 Å². The summed E-state index contributed by atoms with van der Waals surface area (Å²) >= 11 is 0. The van der Waals surface area contributed by atoms with E-state index in [0.29, 0.717) is 11.8 Å². The molecule has 2 aliphatic heterocycles. The highest BCUT2D eigenvalue weighted by molar-refractivity contribution is 5.15. The van der Waals surface area contributed by atoms with Crippen LogP contribution in [0.4, 0.5) is 0 Å². The van der Waals surface area contributed by atoms with Crippen LogP contribution in [0.2, 0.25) is 0 Å². The summed E-state index contributed by atoms with van der Waals surface area (Å²) < 4.78 is 1.86.